The van der Waals surface area contributed by atoms with E-state index in [1.165, 1.54) is 25.7 Å². The van der Waals surface area contributed by atoms with Crippen LogP contribution in [0.1, 0.15) is 51.9 Å². The van der Waals surface area contributed by atoms with Gasteiger partial charge >= 0.3 is 0 Å². The molecule has 1 aliphatic heterocycles. The van der Waals surface area contributed by atoms with E-state index in [1.807, 2.05) is 0 Å². The van der Waals surface area contributed by atoms with Crippen LogP contribution in [0.15, 0.2) is 0 Å². The van der Waals surface area contributed by atoms with Gasteiger partial charge in [-0.3, -0.25) is 0 Å². The van der Waals surface area contributed by atoms with Crippen molar-refractivity contribution in [3.63, 3.8) is 0 Å². The molecule has 1 saturated heterocycles. The first kappa shape index (κ1) is 14.3. The number of aliphatic hydroxyl groups is 2. The van der Waals surface area contributed by atoms with Gasteiger partial charge in [0.15, 0.2) is 0 Å². The van der Waals surface area contributed by atoms with Crippen LogP contribution >= 0.6 is 0 Å². The molecular formula is C15H29NO2. The molecule has 0 radical (unpaired) electrons. The van der Waals surface area contributed by atoms with Crippen molar-refractivity contribution in [3.05, 3.63) is 0 Å². The van der Waals surface area contributed by atoms with E-state index in [4.69, 9.17) is 0 Å². The molecule has 18 heavy (non-hydrogen) atoms. The summed E-state index contributed by atoms with van der Waals surface area (Å²) in [5, 5.41) is 19.7. The van der Waals surface area contributed by atoms with Crippen LogP contribution in [0.5, 0.6) is 0 Å². The highest BCUT2D eigenvalue weighted by Crippen LogP contribution is 2.33. The van der Waals surface area contributed by atoms with E-state index in [2.05, 4.69) is 11.8 Å². The number of nitrogens with zero attached hydrogens (tertiary/aromatic N) is 1. The van der Waals surface area contributed by atoms with Crippen molar-refractivity contribution in [2.24, 2.45) is 11.8 Å². The Labute approximate surface area is 111 Å². The van der Waals surface area contributed by atoms with E-state index in [-0.39, 0.29) is 12.2 Å². The molecule has 0 aromatic heterocycles. The van der Waals surface area contributed by atoms with Gasteiger partial charge < -0.3 is 15.1 Å². The van der Waals surface area contributed by atoms with Crippen molar-refractivity contribution in [1.29, 1.82) is 0 Å². The summed E-state index contributed by atoms with van der Waals surface area (Å²) in [6, 6.07) is 0. The molecule has 0 amide bonds. The second-order valence-corrected chi connectivity index (χ2v) is 6.33. The second kappa shape index (κ2) is 6.88. The maximum atomic E-state index is 10.2. The SMILES string of the molecule is CCCC1CCC(O)C(CN2CCC(O)CC2)C1. The van der Waals surface area contributed by atoms with Crippen molar-refractivity contribution >= 4 is 0 Å². The fraction of sp³-hybridized carbons (Fsp3) is 1.00. The summed E-state index contributed by atoms with van der Waals surface area (Å²) in [5.41, 5.74) is 0. The molecule has 3 unspecified atom stereocenters. The highest BCUT2D eigenvalue weighted by atomic mass is 16.3. The first-order valence-corrected chi connectivity index (χ1v) is 7.77. The number of rotatable bonds is 4. The Bertz CT molecular complexity index is 239. The summed E-state index contributed by atoms with van der Waals surface area (Å²) in [7, 11) is 0. The molecule has 0 aromatic rings. The van der Waals surface area contributed by atoms with Gasteiger partial charge in [0, 0.05) is 19.6 Å². The van der Waals surface area contributed by atoms with Crippen LogP contribution in [-0.2, 0) is 0 Å². The summed E-state index contributed by atoms with van der Waals surface area (Å²) in [6.45, 7) is 5.30. The van der Waals surface area contributed by atoms with Gasteiger partial charge in [0.2, 0.25) is 0 Å². The standard InChI is InChI=1S/C15H29NO2/c1-2-3-12-4-5-15(18)13(10-12)11-16-8-6-14(17)7-9-16/h12-15,17-18H,2-11H2,1H3. The summed E-state index contributed by atoms with van der Waals surface area (Å²) in [4.78, 5) is 2.44. The fourth-order valence-electron chi connectivity index (χ4n) is 3.65. The van der Waals surface area contributed by atoms with E-state index in [1.54, 1.807) is 0 Å². The van der Waals surface area contributed by atoms with Crippen molar-refractivity contribution in [2.75, 3.05) is 19.6 Å². The van der Waals surface area contributed by atoms with Gasteiger partial charge in [0.05, 0.1) is 12.2 Å². The molecule has 3 heteroatoms. The molecule has 3 atom stereocenters. The fourth-order valence-corrected chi connectivity index (χ4v) is 3.65. The summed E-state index contributed by atoms with van der Waals surface area (Å²) >= 11 is 0. The Morgan fingerprint density at radius 1 is 1.06 bits per heavy atom. The van der Waals surface area contributed by atoms with Gasteiger partial charge in [-0.2, -0.15) is 0 Å². The van der Waals surface area contributed by atoms with E-state index >= 15 is 0 Å². The molecule has 0 spiro atoms. The zero-order valence-corrected chi connectivity index (χ0v) is 11.7. The van der Waals surface area contributed by atoms with E-state index in [0.717, 1.165) is 44.8 Å². The maximum Gasteiger partial charge on any atom is 0.0580 e. The van der Waals surface area contributed by atoms with Crippen molar-refractivity contribution in [2.45, 2.75) is 64.1 Å². The Hall–Kier alpha value is -0.120. The van der Waals surface area contributed by atoms with Crippen LogP contribution in [0.3, 0.4) is 0 Å². The molecule has 2 N–H and O–H groups in total. The quantitative estimate of drug-likeness (QED) is 0.808. The van der Waals surface area contributed by atoms with Crippen molar-refractivity contribution < 1.29 is 10.2 Å². The lowest BCUT2D eigenvalue weighted by molar-refractivity contribution is 0.0104. The molecule has 1 saturated carbocycles. The molecule has 3 nitrogen and oxygen atoms in total. The minimum atomic E-state index is -0.0926. The molecule has 2 fully saturated rings. The minimum absolute atomic E-state index is 0.0923. The molecule has 2 rings (SSSR count). The van der Waals surface area contributed by atoms with Crippen molar-refractivity contribution in [3.8, 4) is 0 Å². The highest BCUT2D eigenvalue weighted by Gasteiger charge is 2.30. The van der Waals surface area contributed by atoms with Crippen LogP contribution in [0.2, 0.25) is 0 Å². The predicted octanol–water partition coefficient (Wildman–Crippen LogP) is 2.02. The zero-order chi connectivity index (χ0) is 13.0. The number of aliphatic hydroxyl groups excluding tert-OH is 2. The Kier molecular flexibility index (Phi) is 5.46. The average Bonchev–Trinajstić information content (AvgIpc) is 2.36. The number of hydrogen-bond acceptors (Lipinski definition) is 3. The minimum Gasteiger partial charge on any atom is -0.393 e. The molecular weight excluding hydrogens is 226 g/mol. The first-order valence-electron chi connectivity index (χ1n) is 7.77. The molecule has 0 aromatic carbocycles. The second-order valence-electron chi connectivity index (χ2n) is 6.33. The molecule has 106 valence electrons. The van der Waals surface area contributed by atoms with Crippen LogP contribution in [0.4, 0.5) is 0 Å². The molecule has 1 aliphatic carbocycles. The first-order chi connectivity index (χ1) is 8.69. The van der Waals surface area contributed by atoms with Crippen LogP contribution in [0.25, 0.3) is 0 Å². The van der Waals surface area contributed by atoms with Crippen LogP contribution in [-0.4, -0.2) is 47.0 Å². The lowest BCUT2D eigenvalue weighted by Crippen LogP contribution is -2.43. The molecule has 1 heterocycles. The van der Waals surface area contributed by atoms with Gasteiger partial charge in [-0.25, -0.2) is 0 Å². The zero-order valence-electron chi connectivity index (χ0n) is 11.7. The maximum absolute atomic E-state index is 10.2. The van der Waals surface area contributed by atoms with Gasteiger partial charge in [0.1, 0.15) is 0 Å². The third-order valence-corrected chi connectivity index (χ3v) is 4.80. The van der Waals surface area contributed by atoms with Gasteiger partial charge in [-0.1, -0.05) is 19.8 Å². The third-order valence-electron chi connectivity index (χ3n) is 4.80. The lowest BCUT2D eigenvalue weighted by atomic mass is 9.77. The lowest BCUT2D eigenvalue weighted by Gasteiger charge is -2.38. The van der Waals surface area contributed by atoms with E-state index in [9.17, 15) is 10.2 Å². The normalized spacial score (nSPS) is 35.8. The van der Waals surface area contributed by atoms with Crippen molar-refractivity contribution in [1.82, 2.24) is 4.90 Å². The summed E-state index contributed by atoms with van der Waals surface area (Å²) in [5.74, 6) is 1.30. The number of hydrogen-bond donors (Lipinski definition) is 2. The monoisotopic (exact) mass is 255 g/mol. The summed E-state index contributed by atoms with van der Waals surface area (Å²) in [6.07, 6.45) is 7.62. The van der Waals surface area contributed by atoms with Gasteiger partial charge in [0.25, 0.3) is 0 Å². The molecule has 2 aliphatic rings. The smallest absolute Gasteiger partial charge is 0.0580 e. The number of piperidine rings is 1. The highest BCUT2D eigenvalue weighted by molar-refractivity contribution is 4.83. The Morgan fingerprint density at radius 2 is 1.78 bits per heavy atom. The largest absolute Gasteiger partial charge is 0.393 e. The van der Waals surface area contributed by atoms with Gasteiger partial charge in [-0.05, 0) is 43.9 Å². The Balaban J connectivity index is 1.79. The van der Waals surface area contributed by atoms with Crippen LogP contribution < -0.4 is 0 Å². The van der Waals surface area contributed by atoms with Gasteiger partial charge in [-0.15, -0.1) is 0 Å². The topological polar surface area (TPSA) is 43.7 Å². The van der Waals surface area contributed by atoms with E-state index in [0.29, 0.717) is 5.92 Å². The average molecular weight is 255 g/mol. The summed E-state index contributed by atoms with van der Waals surface area (Å²) < 4.78 is 0. The van der Waals surface area contributed by atoms with Crippen LogP contribution in [0, 0.1) is 11.8 Å². The molecule has 0 bridgehead atoms. The predicted molar refractivity (Wildman–Crippen MR) is 73.4 cm³/mol. The number of likely N-dealkylation sites (tertiary alicyclic amines) is 1. The Morgan fingerprint density at radius 3 is 2.44 bits per heavy atom. The third kappa shape index (κ3) is 3.94. The van der Waals surface area contributed by atoms with E-state index < -0.39 is 0 Å².